The zero-order chi connectivity index (χ0) is 23.6. The molecule has 0 radical (unpaired) electrons. The van der Waals surface area contributed by atoms with Crippen molar-refractivity contribution in [1.29, 1.82) is 5.26 Å². The number of piperidine rings is 1. The average molecular weight is 473 g/mol. The highest BCUT2D eigenvalue weighted by molar-refractivity contribution is 7.89. The van der Waals surface area contributed by atoms with E-state index in [1.807, 2.05) is 6.07 Å². The molecule has 2 atom stereocenters. The maximum atomic E-state index is 13.0. The number of rotatable bonds is 6. The van der Waals surface area contributed by atoms with Crippen molar-refractivity contribution >= 4 is 16.0 Å². The number of anilines is 1. The standard InChI is InChI=1S/C22H28N6O4S/c1-15-18(5-4-10-24-15)33(30,31)28-11-7-17(8-12-28)26-21-25-14-16(13-23)20(27-21)32-19-6-3-9-22(19,2)29/h4-5,10,14,17,19,29H,3,6-9,11-12H2,1-2H3,(H,25,26,27)/t19-,22+/m0/s1. The molecule has 0 unspecified atom stereocenters. The van der Waals surface area contributed by atoms with Gasteiger partial charge in [-0.3, -0.25) is 4.98 Å². The van der Waals surface area contributed by atoms with E-state index >= 15 is 0 Å². The second-order valence-corrected chi connectivity index (χ2v) is 10.7. The van der Waals surface area contributed by atoms with Gasteiger partial charge in [-0.2, -0.15) is 14.6 Å². The zero-order valence-electron chi connectivity index (χ0n) is 18.7. The van der Waals surface area contributed by atoms with E-state index in [9.17, 15) is 18.8 Å². The highest BCUT2D eigenvalue weighted by Crippen LogP contribution is 2.33. The number of pyridine rings is 1. The van der Waals surface area contributed by atoms with Crippen molar-refractivity contribution in [2.24, 2.45) is 0 Å². The van der Waals surface area contributed by atoms with Gasteiger partial charge in [-0.05, 0) is 58.1 Å². The van der Waals surface area contributed by atoms with Gasteiger partial charge in [-0.15, -0.1) is 0 Å². The van der Waals surface area contributed by atoms with Crippen LogP contribution in [0.3, 0.4) is 0 Å². The summed E-state index contributed by atoms with van der Waals surface area (Å²) in [7, 11) is -3.60. The number of nitrogens with one attached hydrogen (secondary N) is 1. The number of ether oxygens (including phenoxy) is 1. The van der Waals surface area contributed by atoms with E-state index in [4.69, 9.17) is 4.74 Å². The molecule has 3 heterocycles. The highest BCUT2D eigenvalue weighted by Gasteiger charge is 2.39. The van der Waals surface area contributed by atoms with Crippen molar-refractivity contribution < 1.29 is 18.3 Å². The molecule has 0 amide bonds. The van der Waals surface area contributed by atoms with Crippen LogP contribution >= 0.6 is 0 Å². The number of aliphatic hydroxyl groups is 1. The summed E-state index contributed by atoms with van der Waals surface area (Å²) in [6.07, 6.45) is 5.87. The van der Waals surface area contributed by atoms with Gasteiger partial charge in [0.25, 0.3) is 0 Å². The molecule has 2 N–H and O–H groups in total. The Hall–Kier alpha value is -2.81. The predicted molar refractivity (Wildman–Crippen MR) is 120 cm³/mol. The van der Waals surface area contributed by atoms with E-state index in [1.165, 1.54) is 10.5 Å². The smallest absolute Gasteiger partial charge is 0.244 e. The van der Waals surface area contributed by atoms with Gasteiger partial charge in [0, 0.05) is 25.3 Å². The van der Waals surface area contributed by atoms with Crippen LogP contribution in [-0.4, -0.2) is 63.6 Å². The van der Waals surface area contributed by atoms with Crippen LogP contribution in [0, 0.1) is 18.3 Å². The van der Waals surface area contributed by atoms with Crippen LogP contribution in [0.1, 0.15) is 50.3 Å². The molecule has 1 aliphatic carbocycles. The number of aromatic nitrogens is 3. The lowest BCUT2D eigenvalue weighted by molar-refractivity contribution is -0.0271. The fraction of sp³-hybridized carbons (Fsp3) is 0.545. The normalized spacial score (nSPS) is 24.4. The topological polar surface area (TPSA) is 141 Å². The minimum Gasteiger partial charge on any atom is -0.470 e. The van der Waals surface area contributed by atoms with Gasteiger partial charge in [-0.25, -0.2) is 13.4 Å². The van der Waals surface area contributed by atoms with Crippen LogP contribution in [0.4, 0.5) is 5.95 Å². The fourth-order valence-corrected chi connectivity index (χ4v) is 5.99. The van der Waals surface area contributed by atoms with Crippen LogP contribution in [-0.2, 0) is 10.0 Å². The molecule has 11 heteroatoms. The molecule has 1 saturated heterocycles. The summed E-state index contributed by atoms with van der Waals surface area (Å²) in [5.41, 5.74) is -0.274. The number of nitriles is 1. The molecule has 10 nitrogen and oxygen atoms in total. The van der Waals surface area contributed by atoms with Crippen LogP contribution in [0.2, 0.25) is 0 Å². The summed E-state index contributed by atoms with van der Waals surface area (Å²) in [6, 6.07) is 5.21. The lowest BCUT2D eigenvalue weighted by atomic mass is 10.0. The van der Waals surface area contributed by atoms with Crippen molar-refractivity contribution in [3.05, 3.63) is 35.8 Å². The molecule has 0 spiro atoms. The first-order valence-electron chi connectivity index (χ1n) is 11.1. The third kappa shape index (κ3) is 4.93. The van der Waals surface area contributed by atoms with Gasteiger partial charge >= 0.3 is 0 Å². The first-order chi connectivity index (χ1) is 15.7. The number of hydrogen-bond acceptors (Lipinski definition) is 9. The Morgan fingerprint density at radius 3 is 2.70 bits per heavy atom. The molecule has 0 bridgehead atoms. The van der Waals surface area contributed by atoms with Crippen LogP contribution in [0.25, 0.3) is 0 Å². The van der Waals surface area contributed by atoms with Gasteiger partial charge in [0.05, 0.1) is 17.5 Å². The van der Waals surface area contributed by atoms with Crippen molar-refractivity contribution in [3.8, 4) is 11.9 Å². The lowest BCUT2D eigenvalue weighted by Gasteiger charge is -2.32. The van der Waals surface area contributed by atoms with Crippen molar-refractivity contribution in [2.75, 3.05) is 18.4 Å². The Labute approximate surface area is 193 Å². The number of nitrogens with zero attached hydrogens (tertiary/aromatic N) is 5. The van der Waals surface area contributed by atoms with E-state index in [1.54, 1.807) is 32.2 Å². The molecule has 2 fully saturated rings. The zero-order valence-corrected chi connectivity index (χ0v) is 19.5. The summed E-state index contributed by atoms with van der Waals surface area (Å²) in [6.45, 7) is 4.14. The second-order valence-electron chi connectivity index (χ2n) is 8.79. The Balaban J connectivity index is 1.41. The number of aryl methyl sites for hydroxylation is 1. The van der Waals surface area contributed by atoms with Gasteiger partial charge in [0.2, 0.25) is 21.9 Å². The van der Waals surface area contributed by atoms with E-state index in [-0.39, 0.29) is 22.4 Å². The molecule has 1 saturated carbocycles. The van der Waals surface area contributed by atoms with E-state index in [2.05, 4.69) is 20.3 Å². The number of hydrogen-bond donors (Lipinski definition) is 2. The molecule has 2 aromatic heterocycles. The molecule has 0 aromatic carbocycles. The molecule has 4 rings (SSSR count). The average Bonchev–Trinajstić information content (AvgIpc) is 3.12. The third-order valence-electron chi connectivity index (χ3n) is 6.33. The van der Waals surface area contributed by atoms with Crippen LogP contribution in [0.5, 0.6) is 5.88 Å². The Kier molecular flexibility index (Phi) is 6.52. The SMILES string of the molecule is Cc1ncccc1S(=O)(=O)N1CCC(Nc2ncc(C#N)c(O[C@H]3CCC[C@@]3(C)O)n2)CC1. The van der Waals surface area contributed by atoms with Crippen molar-refractivity contribution in [1.82, 2.24) is 19.3 Å². The van der Waals surface area contributed by atoms with Gasteiger partial charge in [-0.1, -0.05) is 0 Å². The summed E-state index contributed by atoms with van der Waals surface area (Å²) >= 11 is 0. The summed E-state index contributed by atoms with van der Waals surface area (Å²) in [5, 5.41) is 23.1. The van der Waals surface area contributed by atoms with E-state index in [0.29, 0.717) is 50.4 Å². The summed E-state index contributed by atoms with van der Waals surface area (Å²) in [5.74, 6) is 0.459. The minimum absolute atomic E-state index is 0.0261. The molecular weight excluding hydrogens is 444 g/mol. The molecule has 33 heavy (non-hydrogen) atoms. The third-order valence-corrected chi connectivity index (χ3v) is 8.37. The Morgan fingerprint density at radius 2 is 2.06 bits per heavy atom. The predicted octanol–water partition coefficient (Wildman–Crippen LogP) is 2.00. The molecule has 2 aromatic rings. The minimum atomic E-state index is -3.60. The first-order valence-corrected chi connectivity index (χ1v) is 12.5. The van der Waals surface area contributed by atoms with Crippen molar-refractivity contribution in [2.45, 2.75) is 68.6 Å². The monoisotopic (exact) mass is 472 g/mol. The second kappa shape index (κ2) is 9.21. The summed E-state index contributed by atoms with van der Waals surface area (Å²) < 4.78 is 33.3. The molecule has 1 aliphatic heterocycles. The quantitative estimate of drug-likeness (QED) is 0.645. The highest BCUT2D eigenvalue weighted by atomic mass is 32.2. The Bertz CT molecular complexity index is 1160. The first kappa shape index (κ1) is 23.4. The maximum absolute atomic E-state index is 13.0. The molecular formula is C22H28N6O4S. The summed E-state index contributed by atoms with van der Waals surface area (Å²) in [4.78, 5) is 12.9. The molecule has 176 valence electrons. The number of sulfonamides is 1. The van der Waals surface area contributed by atoms with E-state index in [0.717, 1.165) is 6.42 Å². The van der Waals surface area contributed by atoms with Crippen molar-refractivity contribution in [3.63, 3.8) is 0 Å². The van der Waals surface area contributed by atoms with Gasteiger partial charge < -0.3 is 15.2 Å². The largest absolute Gasteiger partial charge is 0.470 e. The van der Waals surface area contributed by atoms with E-state index < -0.39 is 21.7 Å². The molecule has 2 aliphatic rings. The van der Waals surface area contributed by atoms with Crippen LogP contribution < -0.4 is 10.1 Å². The fourth-order valence-electron chi connectivity index (χ4n) is 4.34. The Morgan fingerprint density at radius 1 is 1.30 bits per heavy atom. The van der Waals surface area contributed by atoms with Gasteiger partial charge in [0.15, 0.2) is 0 Å². The lowest BCUT2D eigenvalue weighted by Crippen LogP contribution is -2.42. The maximum Gasteiger partial charge on any atom is 0.244 e. The van der Waals surface area contributed by atoms with Gasteiger partial charge in [0.1, 0.15) is 22.6 Å². The van der Waals surface area contributed by atoms with Crippen LogP contribution in [0.15, 0.2) is 29.4 Å².